The van der Waals surface area contributed by atoms with E-state index in [9.17, 15) is 9.90 Å². The summed E-state index contributed by atoms with van der Waals surface area (Å²) < 4.78 is 8.23. The lowest BCUT2D eigenvalue weighted by Crippen LogP contribution is -2.50. The van der Waals surface area contributed by atoms with E-state index < -0.39 is 5.60 Å². The van der Waals surface area contributed by atoms with Gasteiger partial charge in [-0.05, 0) is 30.9 Å². The van der Waals surface area contributed by atoms with E-state index in [1.807, 2.05) is 18.3 Å². The number of carbonyl (C=O) groups is 1. The number of aryl methyl sites for hydroxylation is 1. The number of halogens is 1. The van der Waals surface area contributed by atoms with Crippen molar-refractivity contribution in [1.82, 2.24) is 4.57 Å². The first kappa shape index (κ1) is 19.9. The number of rotatable bonds is 7. The molecule has 1 aliphatic carbocycles. The highest BCUT2D eigenvalue weighted by atomic mass is 79.9. The molecule has 0 radical (unpaired) electrons. The van der Waals surface area contributed by atoms with Crippen LogP contribution in [0.4, 0.5) is 5.69 Å². The average molecular weight is 449 g/mol. The van der Waals surface area contributed by atoms with Crippen molar-refractivity contribution < 1.29 is 14.6 Å². The van der Waals surface area contributed by atoms with E-state index in [4.69, 9.17) is 4.74 Å². The maximum atomic E-state index is 12.6. The maximum Gasteiger partial charge on any atom is 0.224 e. The number of hydrogen-bond donors (Lipinski definition) is 2. The van der Waals surface area contributed by atoms with Gasteiger partial charge in [0.25, 0.3) is 0 Å². The quantitative estimate of drug-likeness (QED) is 0.635. The molecule has 0 bridgehead atoms. The second kappa shape index (κ2) is 8.56. The van der Waals surface area contributed by atoms with Crippen LogP contribution >= 0.6 is 15.9 Å². The molecule has 1 saturated heterocycles. The molecular formula is C22H29BrN2O3. The van der Waals surface area contributed by atoms with Gasteiger partial charge in [0.05, 0.1) is 24.4 Å². The fourth-order valence-electron chi connectivity index (χ4n) is 4.42. The summed E-state index contributed by atoms with van der Waals surface area (Å²) >= 11 is 3.63. The molecular weight excluding hydrogens is 420 g/mol. The molecule has 2 heterocycles. The molecule has 2 N–H and O–H groups in total. The Morgan fingerprint density at radius 3 is 2.79 bits per heavy atom. The monoisotopic (exact) mass is 448 g/mol. The van der Waals surface area contributed by atoms with Gasteiger partial charge in [-0.2, -0.15) is 0 Å². The van der Waals surface area contributed by atoms with Crippen LogP contribution in [0.15, 0.2) is 28.9 Å². The predicted molar refractivity (Wildman–Crippen MR) is 114 cm³/mol. The van der Waals surface area contributed by atoms with Gasteiger partial charge in [-0.3, -0.25) is 4.79 Å². The molecule has 28 heavy (non-hydrogen) atoms. The lowest BCUT2D eigenvalue weighted by molar-refractivity contribution is -0.182. The molecule has 2 fully saturated rings. The van der Waals surface area contributed by atoms with E-state index in [-0.39, 0.29) is 5.91 Å². The SMILES string of the molecule is O=C(CCC1CCCCC1)Nc1cn(CCC2(O)COC2)c2cccc(Br)c12. The normalized spacial score (nSPS) is 19.5. The van der Waals surface area contributed by atoms with Crippen molar-refractivity contribution in [2.45, 2.75) is 63.5 Å². The molecule has 6 heteroatoms. The number of nitrogens with one attached hydrogen (secondary N) is 1. The van der Waals surface area contributed by atoms with Gasteiger partial charge in [0.1, 0.15) is 5.60 Å². The predicted octanol–water partition coefficient (Wildman–Crippen LogP) is 4.85. The molecule has 1 amide bonds. The largest absolute Gasteiger partial charge is 0.385 e. The van der Waals surface area contributed by atoms with Crippen molar-refractivity contribution in [3.8, 4) is 0 Å². The molecule has 0 spiro atoms. The highest BCUT2D eigenvalue weighted by molar-refractivity contribution is 9.10. The van der Waals surface area contributed by atoms with E-state index in [1.165, 1.54) is 32.1 Å². The van der Waals surface area contributed by atoms with Crippen molar-refractivity contribution in [2.24, 2.45) is 5.92 Å². The number of benzene rings is 1. The van der Waals surface area contributed by atoms with Gasteiger partial charge in [-0.15, -0.1) is 0 Å². The van der Waals surface area contributed by atoms with Crippen LogP contribution in [-0.4, -0.2) is 34.4 Å². The zero-order chi connectivity index (χ0) is 19.6. The van der Waals surface area contributed by atoms with Crippen LogP contribution < -0.4 is 5.32 Å². The number of carbonyl (C=O) groups excluding carboxylic acids is 1. The van der Waals surface area contributed by atoms with Crippen LogP contribution in [0, 0.1) is 5.92 Å². The van der Waals surface area contributed by atoms with Crippen molar-refractivity contribution in [3.05, 3.63) is 28.9 Å². The Bertz CT molecular complexity index is 838. The van der Waals surface area contributed by atoms with Crippen LogP contribution in [0.5, 0.6) is 0 Å². The van der Waals surface area contributed by atoms with Gasteiger partial charge in [0.2, 0.25) is 5.91 Å². The summed E-state index contributed by atoms with van der Waals surface area (Å²) in [5.74, 6) is 0.796. The molecule has 2 aromatic rings. The molecule has 0 atom stereocenters. The number of aromatic nitrogens is 1. The summed E-state index contributed by atoms with van der Waals surface area (Å²) in [4.78, 5) is 12.6. The smallest absolute Gasteiger partial charge is 0.224 e. The van der Waals surface area contributed by atoms with E-state index in [0.29, 0.717) is 38.5 Å². The molecule has 2 aliphatic rings. The summed E-state index contributed by atoms with van der Waals surface area (Å²) in [6, 6.07) is 6.05. The Morgan fingerprint density at radius 2 is 2.07 bits per heavy atom. The minimum atomic E-state index is -0.716. The Balaban J connectivity index is 1.45. The zero-order valence-corrected chi connectivity index (χ0v) is 17.8. The highest BCUT2D eigenvalue weighted by Crippen LogP contribution is 2.34. The lowest BCUT2D eigenvalue weighted by Gasteiger charge is -2.36. The highest BCUT2D eigenvalue weighted by Gasteiger charge is 2.35. The first-order chi connectivity index (χ1) is 13.5. The van der Waals surface area contributed by atoms with Crippen LogP contribution in [0.25, 0.3) is 10.9 Å². The molecule has 5 nitrogen and oxygen atoms in total. The van der Waals surface area contributed by atoms with Gasteiger partial charge in [-0.1, -0.05) is 54.1 Å². The number of ether oxygens (including phenoxy) is 1. The van der Waals surface area contributed by atoms with E-state index in [0.717, 1.165) is 27.5 Å². The minimum absolute atomic E-state index is 0.0893. The van der Waals surface area contributed by atoms with E-state index >= 15 is 0 Å². The van der Waals surface area contributed by atoms with Crippen molar-refractivity contribution in [3.63, 3.8) is 0 Å². The van der Waals surface area contributed by atoms with Crippen LogP contribution in [0.1, 0.15) is 51.4 Å². The Hall–Kier alpha value is -1.37. The topological polar surface area (TPSA) is 63.5 Å². The van der Waals surface area contributed by atoms with Gasteiger partial charge >= 0.3 is 0 Å². The summed E-state index contributed by atoms with van der Waals surface area (Å²) in [7, 11) is 0. The third-order valence-electron chi connectivity index (χ3n) is 6.19. The Kier molecular flexibility index (Phi) is 6.09. The number of nitrogens with zero attached hydrogens (tertiary/aromatic N) is 1. The number of anilines is 1. The summed E-state index contributed by atoms with van der Waals surface area (Å²) in [6.45, 7) is 1.49. The fourth-order valence-corrected chi connectivity index (χ4v) is 4.99. The molecule has 1 aromatic carbocycles. The summed E-state index contributed by atoms with van der Waals surface area (Å²) in [6.07, 6.45) is 10.7. The molecule has 0 unspecified atom stereocenters. The number of aliphatic hydroxyl groups is 1. The molecule has 4 rings (SSSR count). The van der Waals surface area contributed by atoms with Gasteiger partial charge in [-0.25, -0.2) is 0 Å². The molecule has 1 aromatic heterocycles. The van der Waals surface area contributed by atoms with Crippen LogP contribution in [0.3, 0.4) is 0 Å². The van der Waals surface area contributed by atoms with Crippen molar-refractivity contribution in [1.29, 1.82) is 0 Å². The third kappa shape index (κ3) is 4.44. The Labute approximate surface area is 174 Å². The Morgan fingerprint density at radius 1 is 1.29 bits per heavy atom. The number of hydrogen-bond acceptors (Lipinski definition) is 3. The fraction of sp³-hybridized carbons (Fsp3) is 0.591. The van der Waals surface area contributed by atoms with Crippen molar-refractivity contribution in [2.75, 3.05) is 18.5 Å². The summed E-state index contributed by atoms with van der Waals surface area (Å²) in [5, 5.41) is 14.5. The van der Waals surface area contributed by atoms with E-state index in [2.05, 4.69) is 31.9 Å². The molecule has 1 saturated carbocycles. The molecule has 152 valence electrons. The molecule has 1 aliphatic heterocycles. The standard InChI is InChI=1S/C22H29BrN2O3/c23-17-7-4-8-19-21(17)18(13-25(19)12-11-22(27)14-28-15-22)24-20(26)10-9-16-5-2-1-3-6-16/h4,7-8,13,16,27H,1-3,5-6,9-12,14-15H2,(H,24,26). The van der Waals surface area contributed by atoms with Crippen LogP contribution in [0.2, 0.25) is 0 Å². The number of amides is 1. The lowest BCUT2D eigenvalue weighted by atomic mass is 9.86. The van der Waals surface area contributed by atoms with Gasteiger partial charge in [0, 0.05) is 29.0 Å². The number of fused-ring (bicyclic) bond motifs is 1. The second-order valence-electron chi connectivity index (χ2n) is 8.43. The average Bonchev–Trinajstić information content (AvgIpc) is 3.03. The zero-order valence-electron chi connectivity index (χ0n) is 16.3. The van der Waals surface area contributed by atoms with Gasteiger partial charge in [0.15, 0.2) is 0 Å². The first-order valence-electron chi connectivity index (χ1n) is 10.4. The van der Waals surface area contributed by atoms with Crippen LogP contribution in [-0.2, 0) is 16.1 Å². The van der Waals surface area contributed by atoms with Gasteiger partial charge < -0.3 is 19.7 Å². The van der Waals surface area contributed by atoms with Crippen molar-refractivity contribution >= 4 is 38.4 Å². The second-order valence-corrected chi connectivity index (χ2v) is 9.28. The summed E-state index contributed by atoms with van der Waals surface area (Å²) in [5.41, 5.74) is 1.18. The minimum Gasteiger partial charge on any atom is -0.385 e. The maximum absolute atomic E-state index is 12.6. The first-order valence-corrected chi connectivity index (χ1v) is 11.2. The third-order valence-corrected chi connectivity index (χ3v) is 6.85. The van der Waals surface area contributed by atoms with E-state index in [1.54, 1.807) is 0 Å².